The molecule has 0 heterocycles. The van der Waals surface area contributed by atoms with Crippen molar-refractivity contribution in [3.8, 4) is 0 Å². The highest BCUT2D eigenvalue weighted by Gasteiger charge is 2.37. The molecular formula is C18H31BO2. The third-order valence-corrected chi connectivity index (χ3v) is 4.44. The number of unbranched alkanes of at least 4 members (excludes halogenated alkanes) is 2. The van der Waals surface area contributed by atoms with Gasteiger partial charge in [-0.05, 0) is 37.5 Å². The highest BCUT2D eigenvalue weighted by Crippen LogP contribution is 2.42. The summed E-state index contributed by atoms with van der Waals surface area (Å²) in [6, 6.07) is 0. The molecule has 0 aromatic heterocycles. The van der Waals surface area contributed by atoms with Gasteiger partial charge in [0, 0.05) is 0 Å². The van der Waals surface area contributed by atoms with Gasteiger partial charge in [0.25, 0.3) is 0 Å². The zero-order valence-electron chi connectivity index (χ0n) is 13.6. The van der Waals surface area contributed by atoms with Crippen LogP contribution in [-0.4, -0.2) is 30.3 Å². The van der Waals surface area contributed by atoms with Gasteiger partial charge in [-0.2, -0.15) is 0 Å². The van der Waals surface area contributed by atoms with Gasteiger partial charge in [0.15, 0.2) is 0 Å². The second-order valence-corrected chi connectivity index (χ2v) is 6.30. The quantitative estimate of drug-likeness (QED) is 0.385. The Morgan fingerprint density at radius 3 is 2.67 bits per heavy atom. The van der Waals surface area contributed by atoms with Gasteiger partial charge in [-0.15, -0.1) is 0 Å². The van der Waals surface area contributed by atoms with Crippen LogP contribution in [0.15, 0.2) is 24.3 Å². The summed E-state index contributed by atoms with van der Waals surface area (Å²) in [6.07, 6.45) is 14.4. The molecule has 2 unspecified atom stereocenters. The monoisotopic (exact) mass is 290 g/mol. The van der Waals surface area contributed by atoms with Gasteiger partial charge < -0.3 is 10.2 Å². The van der Waals surface area contributed by atoms with Gasteiger partial charge in [-0.1, -0.05) is 63.2 Å². The Kier molecular flexibility index (Phi) is 9.02. The van der Waals surface area contributed by atoms with Gasteiger partial charge >= 0.3 is 0 Å². The zero-order valence-corrected chi connectivity index (χ0v) is 13.6. The van der Waals surface area contributed by atoms with E-state index in [1.807, 2.05) is 12.2 Å². The second kappa shape index (κ2) is 10.2. The van der Waals surface area contributed by atoms with Gasteiger partial charge in [0.2, 0.25) is 0 Å². The minimum Gasteiger partial charge on any atom is -0.393 e. The molecule has 1 aliphatic carbocycles. The third-order valence-electron chi connectivity index (χ3n) is 4.44. The lowest BCUT2D eigenvalue weighted by Gasteiger charge is -2.20. The predicted octanol–water partition coefficient (Wildman–Crippen LogP) is 3.79. The third kappa shape index (κ3) is 6.40. The lowest BCUT2D eigenvalue weighted by molar-refractivity contribution is 0.125. The molecular weight excluding hydrogens is 259 g/mol. The molecule has 0 spiro atoms. The summed E-state index contributed by atoms with van der Waals surface area (Å²) in [5.74, 6) is 0.351. The van der Waals surface area contributed by atoms with Crippen molar-refractivity contribution in [3.63, 3.8) is 0 Å². The summed E-state index contributed by atoms with van der Waals surface area (Å²) in [5.41, 5.74) is 0. The number of hydrogen-bond donors (Lipinski definition) is 2. The van der Waals surface area contributed by atoms with E-state index in [1.54, 1.807) is 0 Å². The SMILES string of the molecule is [B][C@@H]1CC(O)[C@H](C/C=C\CCCC)[C@H]1/C=C/C(O)CCC. The molecule has 2 radical (unpaired) electrons. The van der Waals surface area contributed by atoms with Crippen LogP contribution in [-0.2, 0) is 0 Å². The molecule has 0 saturated heterocycles. The van der Waals surface area contributed by atoms with E-state index < -0.39 is 0 Å². The van der Waals surface area contributed by atoms with Crippen LogP contribution in [0.4, 0.5) is 0 Å². The van der Waals surface area contributed by atoms with Gasteiger partial charge in [0.1, 0.15) is 0 Å². The van der Waals surface area contributed by atoms with E-state index in [9.17, 15) is 10.2 Å². The largest absolute Gasteiger partial charge is 0.393 e. The molecule has 2 N–H and O–H groups in total. The van der Waals surface area contributed by atoms with Crippen LogP contribution in [0.2, 0.25) is 5.82 Å². The number of hydrogen-bond acceptors (Lipinski definition) is 2. The van der Waals surface area contributed by atoms with Crippen LogP contribution in [0, 0.1) is 11.8 Å². The van der Waals surface area contributed by atoms with E-state index in [4.69, 9.17) is 7.85 Å². The zero-order chi connectivity index (χ0) is 15.7. The highest BCUT2D eigenvalue weighted by molar-refractivity contribution is 6.12. The average molecular weight is 290 g/mol. The van der Waals surface area contributed by atoms with E-state index in [2.05, 4.69) is 26.0 Å². The van der Waals surface area contributed by atoms with Crippen LogP contribution in [0.3, 0.4) is 0 Å². The maximum atomic E-state index is 10.2. The lowest BCUT2D eigenvalue weighted by atomic mass is 9.75. The molecule has 118 valence electrons. The first-order valence-corrected chi connectivity index (χ1v) is 8.55. The van der Waals surface area contributed by atoms with Gasteiger partial charge in [-0.25, -0.2) is 0 Å². The van der Waals surface area contributed by atoms with Crippen molar-refractivity contribution in [1.82, 2.24) is 0 Å². The van der Waals surface area contributed by atoms with Crippen molar-refractivity contribution in [2.45, 2.75) is 76.8 Å². The van der Waals surface area contributed by atoms with Crippen molar-refractivity contribution in [3.05, 3.63) is 24.3 Å². The fraction of sp³-hybridized carbons (Fsp3) is 0.778. The van der Waals surface area contributed by atoms with Crippen LogP contribution in [0.5, 0.6) is 0 Å². The first kappa shape index (κ1) is 18.5. The molecule has 1 fully saturated rings. The summed E-state index contributed by atoms with van der Waals surface area (Å²) in [6.45, 7) is 4.25. The normalized spacial score (nSPS) is 31.4. The molecule has 0 aromatic rings. The minimum atomic E-state index is -0.388. The van der Waals surface area contributed by atoms with E-state index in [0.717, 1.165) is 25.7 Å². The molecule has 2 nitrogen and oxygen atoms in total. The number of aliphatic hydroxyl groups is 2. The Labute approximate surface area is 131 Å². The number of aliphatic hydroxyl groups excluding tert-OH is 2. The van der Waals surface area contributed by atoms with Crippen LogP contribution >= 0.6 is 0 Å². The molecule has 5 atom stereocenters. The highest BCUT2D eigenvalue weighted by atomic mass is 16.3. The molecule has 1 aliphatic rings. The Balaban J connectivity index is 2.55. The van der Waals surface area contributed by atoms with E-state index >= 15 is 0 Å². The van der Waals surface area contributed by atoms with Gasteiger partial charge in [0.05, 0.1) is 20.1 Å². The lowest BCUT2D eigenvalue weighted by Crippen LogP contribution is -2.18. The summed E-state index contributed by atoms with van der Waals surface area (Å²) in [7, 11) is 6.15. The molecule has 0 amide bonds. The van der Waals surface area contributed by atoms with Crippen molar-refractivity contribution < 1.29 is 10.2 Å². The summed E-state index contributed by atoms with van der Waals surface area (Å²) in [5, 5.41) is 20.0. The average Bonchev–Trinajstić information content (AvgIpc) is 2.71. The maximum absolute atomic E-state index is 10.2. The Bertz CT molecular complexity index is 327. The predicted molar refractivity (Wildman–Crippen MR) is 90.4 cm³/mol. The molecule has 0 aromatic carbocycles. The molecule has 1 rings (SSSR count). The topological polar surface area (TPSA) is 40.5 Å². The fourth-order valence-electron chi connectivity index (χ4n) is 3.13. The maximum Gasteiger partial charge on any atom is 0.0720 e. The van der Waals surface area contributed by atoms with E-state index in [-0.39, 0.29) is 29.9 Å². The molecule has 0 bridgehead atoms. The van der Waals surface area contributed by atoms with Crippen molar-refractivity contribution in [1.29, 1.82) is 0 Å². The van der Waals surface area contributed by atoms with Gasteiger partial charge in [-0.3, -0.25) is 0 Å². The summed E-state index contributed by atoms with van der Waals surface area (Å²) in [4.78, 5) is 0. The van der Waals surface area contributed by atoms with E-state index in [1.165, 1.54) is 12.8 Å². The van der Waals surface area contributed by atoms with Crippen molar-refractivity contribution in [2.24, 2.45) is 11.8 Å². The standard InChI is InChI=1S/C18H31BO2/c1-3-5-6-7-8-10-16-15(17(19)13-18(16)21)12-11-14(20)9-4-2/h7-8,11-12,14-18,20-21H,3-6,9-10,13H2,1-2H3/b8-7-,12-11+/t14?,15-,16-,17-,18?/m1/s1. The molecule has 21 heavy (non-hydrogen) atoms. The fourth-order valence-corrected chi connectivity index (χ4v) is 3.13. The van der Waals surface area contributed by atoms with Crippen LogP contribution < -0.4 is 0 Å². The molecule has 3 heteroatoms. The Morgan fingerprint density at radius 2 is 2.00 bits per heavy atom. The Morgan fingerprint density at radius 1 is 1.24 bits per heavy atom. The molecule has 0 aliphatic heterocycles. The summed E-state index contributed by atoms with van der Waals surface area (Å²) < 4.78 is 0. The van der Waals surface area contributed by atoms with Crippen molar-refractivity contribution >= 4 is 7.85 Å². The first-order valence-electron chi connectivity index (χ1n) is 8.55. The Hall–Kier alpha value is -0.535. The van der Waals surface area contributed by atoms with Crippen LogP contribution in [0.25, 0.3) is 0 Å². The minimum absolute atomic E-state index is 0.000816. The number of rotatable bonds is 9. The first-order chi connectivity index (χ1) is 10.1. The van der Waals surface area contributed by atoms with Crippen LogP contribution in [0.1, 0.15) is 58.8 Å². The summed E-state index contributed by atoms with van der Waals surface area (Å²) >= 11 is 0. The smallest absolute Gasteiger partial charge is 0.0720 e. The van der Waals surface area contributed by atoms with Crippen molar-refractivity contribution in [2.75, 3.05) is 0 Å². The second-order valence-electron chi connectivity index (χ2n) is 6.30. The molecule has 1 saturated carbocycles. The number of allylic oxidation sites excluding steroid dienone is 3. The van der Waals surface area contributed by atoms with E-state index in [0.29, 0.717) is 6.42 Å².